The van der Waals surface area contributed by atoms with Gasteiger partial charge in [0.1, 0.15) is 12.4 Å². The van der Waals surface area contributed by atoms with E-state index in [9.17, 15) is 0 Å². The van der Waals surface area contributed by atoms with E-state index in [1.165, 1.54) is 0 Å². The Morgan fingerprint density at radius 1 is 1.07 bits per heavy atom. The fraction of sp³-hybridized carbons (Fsp3) is 0.0769. The molecule has 0 bridgehead atoms. The minimum Gasteiger partial charge on any atom is -0.489 e. The van der Waals surface area contributed by atoms with Gasteiger partial charge in [-0.05, 0) is 23.8 Å². The highest BCUT2D eigenvalue weighted by atomic mass is 35.5. The molecule has 15 heavy (non-hydrogen) atoms. The number of halogens is 1. The predicted molar refractivity (Wildman–Crippen MR) is 61.1 cm³/mol. The van der Waals surface area contributed by atoms with Crippen LogP contribution < -0.4 is 4.74 Å². The van der Waals surface area contributed by atoms with E-state index in [0.29, 0.717) is 11.6 Å². The van der Waals surface area contributed by atoms with Crippen molar-refractivity contribution in [3.05, 3.63) is 65.2 Å². The molecule has 0 N–H and O–H groups in total. The highest BCUT2D eigenvalue weighted by Crippen LogP contribution is 2.16. The maximum Gasteiger partial charge on any atom is 0.120 e. The number of hydrogen-bond acceptors (Lipinski definition) is 1. The van der Waals surface area contributed by atoms with Crippen LogP contribution in [0.15, 0.2) is 48.5 Å². The smallest absolute Gasteiger partial charge is 0.120 e. The summed E-state index contributed by atoms with van der Waals surface area (Å²) in [5.74, 6) is 0.781. The molecule has 0 unspecified atom stereocenters. The molecule has 2 aromatic carbocycles. The number of rotatable bonds is 3. The molecule has 0 atom stereocenters. The summed E-state index contributed by atoms with van der Waals surface area (Å²) in [7, 11) is 0. The minimum atomic E-state index is 0.566. The van der Waals surface area contributed by atoms with Gasteiger partial charge in [0.2, 0.25) is 0 Å². The van der Waals surface area contributed by atoms with Crippen LogP contribution in [0, 0.1) is 6.07 Å². The van der Waals surface area contributed by atoms with Crippen LogP contribution in [-0.2, 0) is 6.61 Å². The number of hydrogen-bond donors (Lipinski definition) is 0. The van der Waals surface area contributed by atoms with Crippen molar-refractivity contribution in [2.75, 3.05) is 0 Å². The molecule has 0 fully saturated rings. The first-order valence-corrected chi connectivity index (χ1v) is 5.06. The Hall–Kier alpha value is -1.47. The largest absolute Gasteiger partial charge is 0.489 e. The Bertz CT molecular complexity index is 408. The van der Waals surface area contributed by atoms with Crippen LogP contribution >= 0.6 is 11.6 Å². The maximum atomic E-state index is 5.72. The first-order valence-electron chi connectivity index (χ1n) is 4.68. The molecule has 2 rings (SSSR count). The third-order valence-electron chi connectivity index (χ3n) is 1.99. The second-order valence-electron chi connectivity index (χ2n) is 3.15. The second-order valence-corrected chi connectivity index (χ2v) is 3.55. The van der Waals surface area contributed by atoms with Crippen LogP contribution in [0.5, 0.6) is 5.75 Å². The van der Waals surface area contributed by atoms with Crippen molar-refractivity contribution < 1.29 is 4.74 Å². The molecule has 2 aromatic rings. The van der Waals surface area contributed by atoms with Gasteiger partial charge < -0.3 is 4.74 Å². The fourth-order valence-corrected chi connectivity index (χ4v) is 1.34. The summed E-state index contributed by atoms with van der Waals surface area (Å²) in [5, 5.41) is 0.599. The molecule has 0 amide bonds. The van der Waals surface area contributed by atoms with E-state index in [1.807, 2.05) is 36.4 Å². The lowest BCUT2D eigenvalue weighted by Gasteiger charge is -2.05. The van der Waals surface area contributed by atoms with E-state index in [1.54, 1.807) is 12.1 Å². The van der Waals surface area contributed by atoms with Crippen molar-refractivity contribution in [1.82, 2.24) is 0 Å². The first-order chi connectivity index (χ1) is 7.34. The molecule has 1 nitrogen and oxygen atoms in total. The van der Waals surface area contributed by atoms with Crippen LogP contribution in [0.1, 0.15) is 5.56 Å². The van der Waals surface area contributed by atoms with E-state index in [4.69, 9.17) is 16.3 Å². The highest BCUT2D eigenvalue weighted by molar-refractivity contribution is 6.30. The summed E-state index contributed by atoms with van der Waals surface area (Å²) >= 11 is 5.72. The van der Waals surface area contributed by atoms with Crippen molar-refractivity contribution >= 4 is 11.6 Å². The Balaban J connectivity index is 1.96. The maximum absolute atomic E-state index is 5.72. The lowest BCUT2D eigenvalue weighted by atomic mass is 10.2. The van der Waals surface area contributed by atoms with Gasteiger partial charge >= 0.3 is 0 Å². The lowest BCUT2D eigenvalue weighted by Crippen LogP contribution is -1.94. The van der Waals surface area contributed by atoms with Crippen LogP contribution in [0.4, 0.5) is 0 Å². The zero-order valence-electron chi connectivity index (χ0n) is 8.11. The summed E-state index contributed by atoms with van der Waals surface area (Å²) in [6, 6.07) is 18.2. The lowest BCUT2D eigenvalue weighted by molar-refractivity contribution is 0.306. The summed E-state index contributed by atoms with van der Waals surface area (Å²) in [4.78, 5) is 0. The van der Waals surface area contributed by atoms with Gasteiger partial charge in [0.05, 0.1) is 0 Å². The number of benzene rings is 2. The molecule has 0 aliphatic carbocycles. The molecule has 75 valence electrons. The molecule has 0 aromatic heterocycles. The zero-order valence-corrected chi connectivity index (χ0v) is 8.87. The third kappa shape index (κ3) is 3.00. The quantitative estimate of drug-likeness (QED) is 0.762. The summed E-state index contributed by atoms with van der Waals surface area (Å²) in [6.45, 7) is 0.566. The van der Waals surface area contributed by atoms with Gasteiger partial charge in [-0.2, -0.15) is 0 Å². The van der Waals surface area contributed by atoms with E-state index in [0.717, 1.165) is 11.3 Å². The Morgan fingerprint density at radius 3 is 2.53 bits per heavy atom. The monoisotopic (exact) mass is 217 g/mol. The van der Waals surface area contributed by atoms with E-state index in [-0.39, 0.29) is 0 Å². The predicted octanol–water partition coefficient (Wildman–Crippen LogP) is 3.72. The van der Waals surface area contributed by atoms with E-state index >= 15 is 0 Å². The van der Waals surface area contributed by atoms with Crippen molar-refractivity contribution in [2.45, 2.75) is 6.61 Å². The Morgan fingerprint density at radius 2 is 1.87 bits per heavy atom. The van der Waals surface area contributed by atoms with Crippen molar-refractivity contribution in [1.29, 1.82) is 0 Å². The Kier molecular flexibility index (Phi) is 3.25. The van der Waals surface area contributed by atoms with E-state index in [2.05, 4.69) is 6.07 Å². The van der Waals surface area contributed by atoms with Gasteiger partial charge in [-0.3, -0.25) is 0 Å². The van der Waals surface area contributed by atoms with Gasteiger partial charge in [0, 0.05) is 11.1 Å². The topological polar surface area (TPSA) is 9.23 Å². The minimum absolute atomic E-state index is 0.566. The number of ether oxygens (including phenoxy) is 1. The summed E-state index contributed by atoms with van der Waals surface area (Å²) in [5.41, 5.74) is 1.15. The molecule has 1 radical (unpaired) electrons. The third-order valence-corrected chi connectivity index (χ3v) is 2.23. The summed E-state index contributed by atoms with van der Waals surface area (Å²) in [6.07, 6.45) is 0. The SMILES string of the molecule is Clc1[c]cc(OCc2ccccc2)cc1. The van der Waals surface area contributed by atoms with Gasteiger partial charge in [-0.15, -0.1) is 0 Å². The molecule has 0 saturated carbocycles. The van der Waals surface area contributed by atoms with Crippen molar-refractivity contribution in [3.63, 3.8) is 0 Å². The average Bonchev–Trinajstić information content (AvgIpc) is 2.30. The molecular weight excluding hydrogens is 208 g/mol. The van der Waals surface area contributed by atoms with Crippen LogP contribution in [-0.4, -0.2) is 0 Å². The molecule has 0 heterocycles. The average molecular weight is 218 g/mol. The zero-order chi connectivity index (χ0) is 10.5. The molecule has 2 heteroatoms. The van der Waals surface area contributed by atoms with Crippen molar-refractivity contribution in [2.24, 2.45) is 0 Å². The summed E-state index contributed by atoms with van der Waals surface area (Å²) < 4.78 is 5.56. The molecule has 0 spiro atoms. The second kappa shape index (κ2) is 4.85. The van der Waals surface area contributed by atoms with Gasteiger partial charge in [0.25, 0.3) is 0 Å². The van der Waals surface area contributed by atoms with Crippen LogP contribution in [0.25, 0.3) is 0 Å². The highest BCUT2D eigenvalue weighted by Gasteiger charge is 1.95. The van der Waals surface area contributed by atoms with Crippen molar-refractivity contribution in [3.8, 4) is 5.75 Å². The molecule has 0 aliphatic heterocycles. The Labute approximate surface area is 94.3 Å². The van der Waals surface area contributed by atoms with Gasteiger partial charge in [-0.1, -0.05) is 41.9 Å². The van der Waals surface area contributed by atoms with Gasteiger partial charge in [0.15, 0.2) is 0 Å². The van der Waals surface area contributed by atoms with Crippen LogP contribution in [0.3, 0.4) is 0 Å². The normalized spacial score (nSPS) is 9.93. The van der Waals surface area contributed by atoms with Crippen LogP contribution in [0.2, 0.25) is 5.02 Å². The molecular formula is C13H10ClO. The van der Waals surface area contributed by atoms with E-state index < -0.39 is 0 Å². The molecule has 0 saturated heterocycles. The standard InChI is InChI=1S/C13H10ClO/c14-12-6-8-13(9-7-12)15-10-11-4-2-1-3-5-11/h1-6,8-9H,10H2. The fourth-order valence-electron chi connectivity index (χ4n) is 1.22. The molecule has 0 aliphatic rings. The first kappa shape index (κ1) is 10.1. The van der Waals surface area contributed by atoms with Gasteiger partial charge in [-0.25, -0.2) is 0 Å².